The van der Waals surface area contributed by atoms with E-state index in [2.05, 4.69) is 46.6 Å². The minimum atomic E-state index is -3.99. The van der Waals surface area contributed by atoms with Crippen molar-refractivity contribution in [2.45, 2.75) is 62.5 Å². The Kier molecular flexibility index (Phi) is 6.12. The van der Waals surface area contributed by atoms with Gasteiger partial charge in [0.2, 0.25) is 5.95 Å². The van der Waals surface area contributed by atoms with Gasteiger partial charge in [-0.3, -0.25) is 4.18 Å². The van der Waals surface area contributed by atoms with Gasteiger partial charge in [0, 0.05) is 19.7 Å². The van der Waals surface area contributed by atoms with Gasteiger partial charge in [0.25, 0.3) is 0 Å². The third kappa shape index (κ3) is 4.57. The number of nitrogens with one attached hydrogen (secondary N) is 3. The molecule has 0 radical (unpaired) electrons. The molecule has 1 aromatic carbocycles. The summed E-state index contributed by atoms with van der Waals surface area (Å²) in [5, 5.41) is 27.0. The molecule has 174 valence electrons. The van der Waals surface area contributed by atoms with Crippen molar-refractivity contribution in [1.29, 1.82) is 0 Å². The quantitative estimate of drug-likeness (QED) is 0.407. The number of benzene rings is 1. The number of aliphatic hydroxyl groups excluding tert-OH is 2. The molecule has 2 aromatic rings. The molecule has 5 atom stereocenters. The average Bonchev–Trinajstić information content (AvgIpc) is 3.16. The largest absolute Gasteiger partial charge is 0.388 e. The second kappa shape index (κ2) is 8.56. The van der Waals surface area contributed by atoms with Crippen LogP contribution in [0.25, 0.3) is 0 Å². The molecule has 11 heteroatoms. The first-order valence-corrected chi connectivity index (χ1v) is 11.9. The van der Waals surface area contributed by atoms with Gasteiger partial charge in [-0.05, 0) is 29.0 Å². The van der Waals surface area contributed by atoms with E-state index in [1.165, 1.54) is 18.2 Å². The maximum Gasteiger partial charge on any atom is 0.335 e. The van der Waals surface area contributed by atoms with Crippen molar-refractivity contribution in [3.63, 3.8) is 0 Å². The highest BCUT2D eigenvalue weighted by atomic mass is 32.2. The van der Waals surface area contributed by atoms with Crippen LogP contribution in [-0.2, 0) is 19.9 Å². The molecule has 0 bridgehead atoms. The van der Waals surface area contributed by atoms with Gasteiger partial charge in [0.1, 0.15) is 24.1 Å². The van der Waals surface area contributed by atoms with Gasteiger partial charge in [-0.25, -0.2) is 4.98 Å². The van der Waals surface area contributed by atoms with E-state index in [1.54, 1.807) is 12.3 Å². The minimum absolute atomic E-state index is 0.0386. The van der Waals surface area contributed by atoms with Gasteiger partial charge in [0.05, 0.1) is 12.1 Å². The molecule has 2 aliphatic rings. The zero-order chi connectivity index (χ0) is 23.1. The molecule has 0 spiro atoms. The van der Waals surface area contributed by atoms with Crippen LogP contribution < -0.4 is 15.4 Å². The molecule has 32 heavy (non-hydrogen) atoms. The third-order valence-electron chi connectivity index (χ3n) is 6.20. The molecular formula is C21H29N5O5S. The van der Waals surface area contributed by atoms with Crippen LogP contribution in [0.1, 0.15) is 43.9 Å². The van der Waals surface area contributed by atoms with Crippen molar-refractivity contribution in [3.8, 4) is 0 Å². The summed E-state index contributed by atoms with van der Waals surface area (Å²) in [6, 6.07) is 9.40. The number of anilines is 2. The highest BCUT2D eigenvalue weighted by molar-refractivity contribution is 7.84. The minimum Gasteiger partial charge on any atom is -0.388 e. The van der Waals surface area contributed by atoms with Gasteiger partial charge in [-0.2, -0.15) is 18.1 Å². The van der Waals surface area contributed by atoms with Crippen molar-refractivity contribution in [2.75, 3.05) is 17.7 Å². The summed E-state index contributed by atoms with van der Waals surface area (Å²) in [6.07, 6.45) is -1.06. The smallest absolute Gasteiger partial charge is 0.335 e. The SMILES string of the molecule is CNS(=O)(=O)O[C@@H]1C[C@@H](Nc2ccnc(N[C@H]3CC(C)(C)c4ccccc43)n2)[C@H](O)[C@H]1O. The summed E-state index contributed by atoms with van der Waals surface area (Å²) < 4.78 is 30.2. The standard InChI is InChI=1S/C21H29N5O5S/c1-21(2)11-15(12-6-4-5-7-13(12)21)25-20-23-9-8-17(26-20)24-14-10-16(19(28)18(14)27)31-32(29,30)22-3/h4-9,14-16,18-19,22,27-28H,10-11H2,1-3H3,(H2,23,24,25,26)/t14-,15+,16-,18+,19+/m1/s1. The number of hydrogen-bond acceptors (Lipinski definition) is 9. The maximum absolute atomic E-state index is 11.6. The van der Waals surface area contributed by atoms with Crippen molar-refractivity contribution in [1.82, 2.24) is 14.7 Å². The fourth-order valence-corrected chi connectivity index (χ4v) is 5.18. The van der Waals surface area contributed by atoms with E-state index < -0.39 is 34.7 Å². The number of rotatable bonds is 7. The van der Waals surface area contributed by atoms with Crippen LogP contribution in [-0.4, -0.2) is 60.0 Å². The predicted octanol–water partition coefficient (Wildman–Crippen LogP) is 1.07. The second-order valence-corrected chi connectivity index (χ2v) is 10.4. The van der Waals surface area contributed by atoms with E-state index in [0.29, 0.717) is 11.8 Å². The molecular weight excluding hydrogens is 434 g/mol. The van der Waals surface area contributed by atoms with E-state index in [0.717, 1.165) is 6.42 Å². The fraction of sp³-hybridized carbons (Fsp3) is 0.524. The maximum atomic E-state index is 11.6. The van der Waals surface area contributed by atoms with Crippen LogP contribution in [0.2, 0.25) is 0 Å². The Morgan fingerprint density at radius 2 is 1.88 bits per heavy atom. The average molecular weight is 464 g/mol. The lowest BCUT2D eigenvalue weighted by Crippen LogP contribution is -2.38. The summed E-state index contributed by atoms with van der Waals surface area (Å²) in [5.41, 5.74) is 2.56. The molecule has 10 nitrogen and oxygen atoms in total. The van der Waals surface area contributed by atoms with Gasteiger partial charge in [0.15, 0.2) is 0 Å². The van der Waals surface area contributed by atoms with E-state index in [-0.39, 0.29) is 17.9 Å². The van der Waals surface area contributed by atoms with Gasteiger partial charge < -0.3 is 20.8 Å². The molecule has 0 amide bonds. The van der Waals surface area contributed by atoms with Crippen LogP contribution in [0.15, 0.2) is 36.5 Å². The monoisotopic (exact) mass is 463 g/mol. The van der Waals surface area contributed by atoms with Crippen LogP contribution in [0.4, 0.5) is 11.8 Å². The highest BCUT2D eigenvalue weighted by Gasteiger charge is 2.44. The molecule has 4 rings (SSSR count). The lowest BCUT2D eigenvalue weighted by Gasteiger charge is -2.20. The van der Waals surface area contributed by atoms with E-state index in [4.69, 9.17) is 4.18 Å². The van der Waals surface area contributed by atoms with E-state index >= 15 is 0 Å². The van der Waals surface area contributed by atoms with Gasteiger partial charge in [-0.1, -0.05) is 38.1 Å². The van der Waals surface area contributed by atoms with Crippen LogP contribution in [0, 0.1) is 0 Å². The predicted molar refractivity (Wildman–Crippen MR) is 119 cm³/mol. The molecule has 5 N–H and O–H groups in total. The summed E-state index contributed by atoms with van der Waals surface area (Å²) in [7, 11) is -2.78. The summed E-state index contributed by atoms with van der Waals surface area (Å²) in [6.45, 7) is 4.43. The lowest BCUT2D eigenvalue weighted by molar-refractivity contribution is -0.00882. The zero-order valence-electron chi connectivity index (χ0n) is 18.2. The van der Waals surface area contributed by atoms with Crippen molar-refractivity contribution < 1.29 is 22.8 Å². The molecule has 1 fully saturated rings. The van der Waals surface area contributed by atoms with Crippen molar-refractivity contribution in [3.05, 3.63) is 47.7 Å². The normalized spacial score (nSPS) is 29.0. The first-order chi connectivity index (χ1) is 15.1. The highest BCUT2D eigenvalue weighted by Crippen LogP contribution is 2.45. The molecule has 1 heterocycles. The Bertz CT molecular complexity index is 1080. The molecule has 2 aliphatic carbocycles. The molecule has 1 saturated carbocycles. The van der Waals surface area contributed by atoms with Gasteiger partial charge >= 0.3 is 10.3 Å². The topological polar surface area (TPSA) is 146 Å². The van der Waals surface area contributed by atoms with Gasteiger partial charge in [-0.15, -0.1) is 0 Å². The summed E-state index contributed by atoms with van der Waals surface area (Å²) in [4.78, 5) is 8.82. The first kappa shape index (κ1) is 22.9. The second-order valence-electron chi connectivity index (χ2n) is 8.90. The zero-order valence-corrected chi connectivity index (χ0v) is 19.0. The van der Waals surface area contributed by atoms with Crippen LogP contribution in [0.5, 0.6) is 0 Å². The van der Waals surface area contributed by atoms with Crippen LogP contribution in [0.3, 0.4) is 0 Å². The number of hydrogen-bond donors (Lipinski definition) is 5. The Balaban J connectivity index is 1.45. The number of aromatic nitrogens is 2. The van der Waals surface area contributed by atoms with Crippen molar-refractivity contribution in [2.24, 2.45) is 0 Å². The number of aliphatic hydroxyl groups is 2. The molecule has 0 unspecified atom stereocenters. The summed E-state index contributed by atoms with van der Waals surface area (Å²) in [5.74, 6) is 0.882. The fourth-order valence-electron chi connectivity index (χ4n) is 4.57. The van der Waals surface area contributed by atoms with E-state index in [1.807, 2.05) is 16.9 Å². The molecule has 0 aliphatic heterocycles. The van der Waals surface area contributed by atoms with Crippen LogP contribution >= 0.6 is 0 Å². The third-order valence-corrected chi connectivity index (χ3v) is 7.20. The lowest BCUT2D eigenvalue weighted by atomic mass is 9.86. The Morgan fingerprint density at radius 3 is 2.62 bits per heavy atom. The van der Waals surface area contributed by atoms with E-state index in [9.17, 15) is 18.6 Å². The number of fused-ring (bicyclic) bond motifs is 1. The molecule has 1 aromatic heterocycles. The Labute approximate surface area is 187 Å². The molecule has 0 saturated heterocycles. The Morgan fingerprint density at radius 1 is 1.12 bits per heavy atom. The van der Waals surface area contributed by atoms with Crippen molar-refractivity contribution >= 4 is 22.1 Å². The number of nitrogens with zero attached hydrogens (tertiary/aromatic N) is 2. The Hall–Kier alpha value is -2.31. The summed E-state index contributed by atoms with van der Waals surface area (Å²) >= 11 is 0. The first-order valence-electron chi connectivity index (χ1n) is 10.5.